The summed E-state index contributed by atoms with van der Waals surface area (Å²) >= 11 is 0. The van der Waals surface area contributed by atoms with Crippen LogP contribution in [0.1, 0.15) is 18.9 Å². The van der Waals surface area contributed by atoms with E-state index in [0.29, 0.717) is 17.9 Å². The van der Waals surface area contributed by atoms with E-state index in [1.54, 1.807) is 29.2 Å². The first-order valence-electron chi connectivity index (χ1n) is 8.48. The number of nitrogens with zero attached hydrogens (tertiary/aromatic N) is 1. The summed E-state index contributed by atoms with van der Waals surface area (Å²) < 4.78 is 0. The van der Waals surface area contributed by atoms with Crippen molar-refractivity contribution in [2.24, 2.45) is 5.92 Å². The first kappa shape index (κ1) is 17.7. The average molecular weight is 351 g/mol. The maximum Gasteiger partial charge on any atom is 0.229 e. The van der Waals surface area contributed by atoms with Gasteiger partial charge in [-0.2, -0.15) is 0 Å². The van der Waals surface area contributed by atoms with Crippen LogP contribution in [-0.4, -0.2) is 24.3 Å². The van der Waals surface area contributed by atoms with E-state index in [2.05, 4.69) is 10.6 Å². The molecule has 2 aromatic rings. The fourth-order valence-electron chi connectivity index (χ4n) is 2.97. The van der Waals surface area contributed by atoms with Crippen LogP contribution in [-0.2, 0) is 14.4 Å². The normalized spacial score (nSPS) is 16.5. The molecule has 1 saturated heterocycles. The highest BCUT2D eigenvalue weighted by Gasteiger charge is 2.35. The molecular weight excluding hydrogens is 330 g/mol. The number of anilines is 3. The number of nitrogens with one attached hydrogen (secondary N) is 2. The molecule has 1 heterocycles. The van der Waals surface area contributed by atoms with Gasteiger partial charge in [0.05, 0.1) is 5.92 Å². The Hall–Kier alpha value is -3.15. The zero-order valence-corrected chi connectivity index (χ0v) is 14.8. The lowest BCUT2D eigenvalue weighted by Crippen LogP contribution is -2.28. The van der Waals surface area contributed by atoms with Crippen LogP contribution in [0.3, 0.4) is 0 Å². The monoisotopic (exact) mass is 351 g/mol. The summed E-state index contributed by atoms with van der Waals surface area (Å²) in [7, 11) is 0. The molecule has 3 rings (SSSR count). The van der Waals surface area contributed by atoms with E-state index in [1.807, 2.05) is 31.2 Å². The Labute approximate surface area is 152 Å². The molecule has 6 heteroatoms. The van der Waals surface area contributed by atoms with Crippen LogP contribution in [0.25, 0.3) is 0 Å². The van der Waals surface area contributed by atoms with Gasteiger partial charge in [0.25, 0.3) is 0 Å². The summed E-state index contributed by atoms with van der Waals surface area (Å²) in [6.45, 7) is 3.73. The highest BCUT2D eigenvalue weighted by atomic mass is 16.2. The maximum atomic E-state index is 12.5. The maximum absolute atomic E-state index is 12.5. The van der Waals surface area contributed by atoms with Gasteiger partial charge in [-0.25, -0.2) is 0 Å². The van der Waals surface area contributed by atoms with E-state index in [0.717, 1.165) is 11.3 Å². The Balaban J connectivity index is 1.69. The zero-order chi connectivity index (χ0) is 18.7. The van der Waals surface area contributed by atoms with Crippen molar-refractivity contribution in [1.29, 1.82) is 0 Å². The molecule has 2 N–H and O–H groups in total. The van der Waals surface area contributed by atoms with Crippen LogP contribution in [0.5, 0.6) is 0 Å². The minimum atomic E-state index is -0.409. The summed E-state index contributed by atoms with van der Waals surface area (Å²) in [6, 6.07) is 14.6. The summed E-state index contributed by atoms with van der Waals surface area (Å²) in [5.74, 6) is -0.852. The number of hydrogen-bond acceptors (Lipinski definition) is 3. The molecule has 134 valence electrons. The third-order valence-corrected chi connectivity index (χ3v) is 4.29. The van der Waals surface area contributed by atoms with Crippen LogP contribution >= 0.6 is 0 Å². The van der Waals surface area contributed by atoms with Crippen molar-refractivity contribution in [3.63, 3.8) is 0 Å². The number of aryl methyl sites for hydroxylation is 1. The molecule has 2 aromatic carbocycles. The number of hydrogen-bond donors (Lipinski definition) is 2. The number of benzene rings is 2. The minimum absolute atomic E-state index is 0.103. The predicted molar refractivity (Wildman–Crippen MR) is 101 cm³/mol. The van der Waals surface area contributed by atoms with Gasteiger partial charge >= 0.3 is 0 Å². The third kappa shape index (κ3) is 4.08. The summed E-state index contributed by atoms with van der Waals surface area (Å²) in [4.78, 5) is 37.7. The molecule has 1 aliphatic heterocycles. The van der Waals surface area contributed by atoms with E-state index < -0.39 is 5.92 Å². The van der Waals surface area contributed by atoms with Crippen LogP contribution in [0, 0.1) is 12.8 Å². The first-order valence-corrected chi connectivity index (χ1v) is 8.48. The Kier molecular flexibility index (Phi) is 5.02. The van der Waals surface area contributed by atoms with Gasteiger partial charge in [0, 0.05) is 37.0 Å². The van der Waals surface area contributed by atoms with Crippen molar-refractivity contribution < 1.29 is 14.4 Å². The largest absolute Gasteiger partial charge is 0.326 e. The van der Waals surface area contributed by atoms with Gasteiger partial charge < -0.3 is 15.5 Å². The van der Waals surface area contributed by atoms with Gasteiger partial charge in [0.1, 0.15) is 0 Å². The smallest absolute Gasteiger partial charge is 0.229 e. The van der Waals surface area contributed by atoms with Gasteiger partial charge in [-0.05, 0) is 37.3 Å². The third-order valence-electron chi connectivity index (χ3n) is 4.29. The molecule has 0 spiro atoms. The fraction of sp³-hybridized carbons (Fsp3) is 0.250. The second-order valence-corrected chi connectivity index (χ2v) is 6.49. The molecule has 0 aromatic heterocycles. The summed E-state index contributed by atoms with van der Waals surface area (Å²) in [5, 5.41) is 5.56. The summed E-state index contributed by atoms with van der Waals surface area (Å²) in [5.41, 5.74) is 3.13. The van der Waals surface area contributed by atoms with Crippen molar-refractivity contribution in [3.8, 4) is 0 Å². The predicted octanol–water partition coefficient (Wildman–Crippen LogP) is 2.95. The quantitative estimate of drug-likeness (QED) is 0.889. The number of amides is 3. The van der Waals surface area contributed by atoms with E-state index >= 15 is 0 Å². The topological polar surface area (TPSA) is 78.5 Å². The Morgan fingerprint density at radius 1 is 1.04 bits per heavy atom. The van der Waals surface area contributed by atoms with Crippen molar-refractivity contribution in [2.45, 2.75) is 20.3 Å². The first-order chi connectivity index (χ1) is 12.4. The molecule has 1 unspecified atom stereocenters. The molecule has 3 amide bonds. The number of carbonyl (C=O) groups is 3. The van der Waals surface area contributed by atoms with Gasteiger partial charge in [-0.1, -0.05) is 23.8 Å². The van der Waals surface area contributed by atoms with Crippen LogP contribution in [0.4, 0.5) is 17.1 Å². The molecule has 0 bridgehead atoms. The van der Waals surface area contributed by atoms with Crippen molar-refractivity contribution in [3.05, 3.63) is 54.1 Å². The second kappa shape index (κ2) is 7.39. The van der Waals surface area contributed by atoms with Gasteiger partial charge in [-0.15, -0.1) is 0 Å². The van der Waals surface area contributed by atoms with E-state index in [9.17, 15) is 14.4 Å². The Bertz CT molecular complexity index is 846. The van der Waals surface area contributed by atoms with Crippen LogP contribution in [0.15, 0.2) is 48.5 Å². The number of rotatable bonds is 4. The Morgan fingerprint density at radius 2 is 1.77 bits per heavy atom. The van der Waals surface area contributed by atoms with Crippen LogP contribution in [0.2, 0.25) is 0 Å². The molecule has 1 fully saturated rings. The van der Waals surface area contributed by atoms with Crippen molar-refractivity contribution in [2.75, 3.05) is 22.1 Å². The summed E-state index contributed by atoms with van der Waals surface area (Å²) in [6.07, 6.45) is 0.169. The lowest BCUT2D eigenvalue weighted by atomic mass is 10.1. The van der Waals surface area contributed by atoms with Crippen molar-refractivity contribution >= 4 is 34.8 Å². The molecule has 6 nitrogen and oxygen atoms in total. The van der Waals surface area contributed by atoms with E-state index in [4.69, 9.17) is 0 Å². The van der Waals surface area contributed by atoms with Crippen molar-refractivity contribution in [1.82, 2.24) is 0 Å². The van der Waals surface area contributed by atoms with Crippen LogP contribution < -0.4 is 15.5 Å². The molecular formula is C20H21N3O3. The number of carbonyl (C=O) groups excluding carboxylic acids is 3. The second-order valence-electron chi connectivity index (χ2n) is 6.49. The van der Waals surface area contributed by atoms with Gasteiger partial charge in [-0.3, -0.25) is 14.4 Å². The molecule has 26 heavy (non-hydrogen) atoms. The minimum Gasteiger partial charge on any atom is -0.326 e. The molecule has 1 aliphatic rings. The van der Waals surface area contributed by atoms with Gasteiger partial charge in [0.15, 0.2) is 0 Å². The SMILES string of the molecule is CC(=O)Nc1cccc(N2CC(C(=O)Nc3ccc(C)cc3)CC2=O)c1. The zero-order valence-electron chi connectivity index (χ0n) is 14.8. The standard InChI is InChI=1S/C20H21N3O3/c1-13-6-8-16(9-7-13)22-20(26)15-10-19(25)23(12-15)18-5-3-4-17(11-18)21-14(2)24/h3-9,11,15H,10,12H2,1-2H3,(H,21,24)(H,22,26). The molecule has 0 aliphatic carbocycles. The fourth-order valence-corrected chi connectivity index (χ4v) is 2.97. The lowest BCUT2D eigenvalue weighted by molar-refractivity contribution is -0.122. The van der Waals surface area contributed by atoms with Gasteiger partial charge in [0.2, 0.25) is 17.7 Å². The molecule has 1 atom stereocenters. The highest BCUT2D eigenvalue weighted by molar-refractivity contribution is 6.04. The lowest BCUT2D eigenvalue weighted by Gasteiger charge is -2.18. The van der Waals surface area contributed by atoms with E-state index in [-0.39, 0.29) is 24.1 Å². The average Bonchev–Trinajstić information content (AvgIpc) is 2.98. The molecule has 0 radical (unpaired) electrons. The highest BCUT2D eigenvalue weighted by Crippen LogP contribution is 2.28. The molecule has 0 saturated carbocycles. The Morgan fingerprint density at radius 3 is 2.46 bits per heavy atom. The van der Waals surface area contributed by atoms with E-state index in [1.165, 1.54) is 6.92 Å².